The van der Waals surface area contributed by atoms with Crippen LogP contribution >= 0.6 is 23.4 Å². The first-order chi connectivity index (χ1) is 16.9. The minimum atomic E-state index is -0.703. The van der Waals surface area contributed by atoms with Gasteiger partial charge >= 0.3 is 5.97 Å². The van der Waals surface area contributed by atoms with E-state index in [4.69, 9.17) is 22.4 Å². The molecule has 2 aromatic rings. The normalized spacial score (nSPS) is 22.8. The van der Waals surface area contributed by atoms with Gasteiger partial charge in [-0.3, -0.25) is 14.6 Å². The van der Waals surface area contributed by atoms with Crippen molar-refractivity contribution in [2.75, 3.05) is 18.1 Å². The molecule has 4 N–H and O–H groups in total. The first kappa shape index (κ1) is 25.3. The van der Waals surface area contributed by atoms with E-state index in [9.17, 15) is 9.59 Å². The number of benzene rings is 2. The van der Waals surface area contributed by atoms with Crippen LogP contribution in [0.5, 0.6) is 0 Å². The van der Waals surface area contributed by atoms with Gasteiger partial charge in [0.1, 0.15) is 0 Å². The van der Waals surface area contributed by atoms with Crippen molar-refractivity contribution in [2.45, 2.75) is 32.1 Å². The Bertz CT molecular complexity index is 1150. The molecule has 0 aromatic heterocycles. The molecular weight excluding hydrogens is 482 g/mol. The van der Waals surface area contributed by atoms with E-state index in [-0.39, 0.29) is 18.2 Å². The number of nitrogens with two attached hydrogens (primary N) is 1. The molecule has 2 aromatic carbocycles. The summed E-state index contributed by atoms with van der Waals surface area (Å²) in [6.07, 6.45) is 4.23. The van der Waals surface area contributed by atoms with Crippen LogP contribution in [-0.2, 0) is 4.79 Å². The Morgan fingerprint density at radius 3 is 2.46 bits per heavy atom. The summed E-state index contributed by atoms with van der Waals surface area (Å²) < 4.78 is 0. The second-order valence-electron chi connectivity index (χ2n) is 9.19. The molecule has 6 nitrogen and oxygen atoms in total. The van der Waals surface area contributed by atoms with Crippen molar-refractivity contribution in [1.29, 1.82) is 0 Å². The Hall–Kier alpha value is -2.77. The van der Waals surface area contributed by atoms with E-state index in [0.717, 1.165) is 53.3 Å². The smallest absolute Gasteiger partial charge is 0.303 e. The number of carboxylic acid groups (broad SMARTS) is 1. The monoisotopic (exact) mass is 511 g/mol. The highest BCUT2D eigenvalue weighted by Gasteiger charge is 2.35. The number of carboxylic acids is 1. The second-order valence-corrected chi connectivity index (χ2v) is 10.7. The van der Waals surface area contributed by atoms with Crippen molar-refractivity contribution >= 4 is 46.6 Å². The number of amides is 1. The first-order valence-electron chi connectivity index (χ1n) is 11.8. The van der Waals surface area contributed by atoms with E-state index in [1.54, 1.807) is 43.1 Å². The average molecular weight is 512 g/mol. The molecule has 1 heterocycles. The SMILES string of the molecule is CN=C(C1=C(N)C(C2CCC(CC(=O)O)CC2)CS1)c1ccc(NC(=O)c2cccc(Cl)c2)cc1. The number of hydrogen-bond donors (Lipinski definition) is 3. The number of allylic oxidation sites excluding steroid dienone is 2. The van der Waals surface area contributed by atoms with Gasteiger partial charge in [-0.25, -0.2) is 0 Å². The number of rotatable bonds is 7. The summed E-state index contributed by atoms with van der Waals surface area (Å²) in [6.45, 7) is 0. The zero-order valence-corrected chi connectivity index (χ0v) is 21.2. The van der Waals surface area contributed by atoms with Gasteiger partial charge in [0.25, 0.3) is 5.91 Å². The van der Waals surface area contributed by atoms with Crippen LogP contribution in [0, 0.1) is 17.8 Å². The summed E-state index contributed by atoms with van der Waals surface area (Å²) in [7, 11) is 1.77. The molecule has 1 unspecified atom stereocenters. The molecule has 1 amide bonds. The van der Waals surface area contributed by atoms with Crippen LogP contribution in [0.15, 0.2) is 64.1 Å². The lowest BCUT2D eigenvalue weighted by Crippen LogP contribution is -2.27. The fourth-order valence-electron chi connectivity index (χ4n) is 5.06. The number of aliphatic imine (C=N–C) groups is 1. The van der Waals surface area contributed by atoms with Crippen LogP contribution in [0.1, 0.15) is 48.0 Å². The zero-order chi connectivity index (χ0) is 24.9. The molecule has 1 fully saturated rings. The van der Waals surface area contributed by atoms with E-state index in [0.29, 0.717) is 28.1 Å². The van der Waals surface area contributed by atoms with Gasteiger partial charge in [-0.2, -0.15) is 0 Å². The molecule has 2 aliphatic rings. The molecule has 8 heteroatoms. The minimum Gasteiger partial charge on any atom is -0.481 e. The standard InChI is InChI=1S/C27H30ClN3O3S/c1-30-25(18-9-11-21(12-10-18)31-27(34)19-3-2-4-20(28)14-19)26-24(29)22(15-35-26)17-7-5-16(6-8-17)13-23(32)33/h2-4,9-12,14,16-17,22H,5-8,13,15,29H2,1H3,(H,31,34)(H,32,33). The Labute approximate surface area is 215 Å². The van der Waals surface area contributed by atoms with Crippen LogP contribution < -0.4 is 11.1 Å². The van der Waals surface area contributed by atoms with Crippen LogP contribution in [0.4, 0.5) is 5.69 Å². The van der Waals surface area contributed by atoms with Gasteiger partial charge in [0.15, 0.2) is 0 Å². The molecule has 0 bridgehead atoms. The lowest BCUT2D eigenvalue weighted by molar-refractivity contribution is -0.138. The largest absolute Gasteiger partial charge is 0.481 e. The number of nitrogens with zero attached hydrogens (tertiary/aromatic N) is 1. The van der Waals surface area contributed by atoms with E-state index >= 15 is 0 Å². The lowest BCUT2D eigenvalue weighted by Gasteiger charge is -2.31. The number of carbonyl (C=O) groups is 2. The van der Waals surface area contributed by atoms with Crippen molar-refractivity contribution < 1.29 is 14.7 Å². The van der Waals surface area contributed by atoms with Gasteiger partial charge in [-0.15, -0.1) is 11.8 Å². The molecule has 0 spiro atoms. The lowest BCUT2D eigenvalue weighted by atomic mass is 9.74. The summed E-state index contributed by atoms with van der Waals surface area (Å²) >= 11 is 7.74. The third-order valence-corrected chi connectivity index (χ3v) is 8.41. The highest BCUT2D eigenvalue weighted by atomic mass is 35.5. The molecule has 184 valence electrons. The summed E-state index contributed by atoms with van der Waals surface area (Å²) in [5.41, 5.74) is 10.6. The van der Waals surface area contributed by atoms with Crippen LogP contribution in [0.3, 0.4) is 0 Å². The van der Waals surface area contributed by atoms with Gasteiger partial charge in [0, 0.05) is 52.7 Å². The summed E-state index contributed by atoms with van der Waals surface area (Å²) in [4.78, 5) is 29.1. The first-order valence-corrected chi connectivity index (χ1v) is 13.2. The second kappa shape index (κ2) is 11.3. The third-order valence-electron chi connectivity index (χ3n) is 6.93. The van der Waals surface area contributed by atoms with E-state index in [1.807, 2.05) is 24.3 Å². The van der Waals surface area contributed by atoms with Crippen LogP contribution in [0.2, 0.25) is 5.02 Å². The van der Waals surface area contributed by atoms with Gasteiger partial charge in [0.2, 0.25) is 0 Å². The third kappa shape index (κ3) is 6.08. The Balaban J connectivity index is 1.42. The molecular formula is C27H30ClN3O3S. The van der Waals surface area contributed by atoms with Crippen molar-refractivity contribution in [3.8, 4) is 0 Å². The topological polar surface area (TPSA) is 105 Å². The quantitative estimate of drug-likeness (QED) is 0.406. The fraction of sp³-hybridized carbons (Fsp3) is 0.370. The van der Waals surface area contributed by atoms with E-state index in [2.05, 4.69) is 10.3 Å². The average Bonchev–Trinajstić information content (AvgIpc) is 3.22. The number of anilines is 1. The predicted molar refractivity (Wildman–Crippen MR) is 143 cm³/mol. The molecule has 1 atom stereocenters. The molecule has 4 rings (SSSR count). The van der Waals surface area contributed by atoms with Gasteiger partial charge < -0.3 is 16.2 Å². The van der Waals surface area contributed by atoms with Crippen LogP contribution in [0.25, 0.3) is 0 Å². The molecule has 0 radical (unpaired) electrons. The summed E-state index contributed by atoms with van der Waals surface area (Å²) in [5.74, 6) is 1.09. The number of thioether (sulfide) groups is 1. The van der Waals surface area contributed by atoms with Crippen LogP contribution in [-0.4, -0.2) is 35.5 Å². The number of carbonyl (C=O) groups excluding carboxylic acids is 1. The molecule has 0 saturated heterocycles. The van der Waals surface area contributed by atoms with Gasteiger partial charge in [-0.05, 0) is 67.9 Å². The molecule has 1 aliphatic heterocycles. The Kier molecular flexibility index (Phi) is 8.19. The highest BCUT2D eigenvalue weighted by molar-refractivity contribution is 8.04. The zero-order valence-electron chi connectivity index (χ0n) is 19.7. The highest BCUT2D eigenvalue weighted by Crippen LogP contribution is 2.45. The maximum atomic E-state index is 12.5. The maximum Gasteiger partial charge on any atom is 0.303 e. The summed E-state index contributed by atoms with van der Waals surface area (Å²) in [6, 6.07) is 14.4. The Morgan fingerprint density at radius 2 is 1.83 bits per heavy atom. The minimum absolute atomic E-state index is 0.219. The predicted octanol–water partition coefficient (Wildman–Crippen LogP) is 5.83. The van der Waals surface area contributed by atoms with Crippen molar-refractivity contribution in [1.82, 2.24) is 0 Å². The van der Waals surface area contributed by atoms with Crippen molar-refractivity contribution in [3.05, 3.63) is 75.3 Å². The maximum absolute atomic E-state index is 12.5. The van der Waals surface area contributed by atoms with Crippen molar-refractivity contribution in [3.63, 3.8) is 0 Å². The van der Waals surface area contributed by atoms with Gasteiger partial charge in [-0.1, -0.05) is 29.8 Å². The number of halogens is 1. The fourth-order valence-corrected chi connectivity index (χ4v) is 6.71. The van der Waals surface area contributed by atoms with E-state index in [1.165, 1.54) is 0 Å². The summed E-state index contributed by atoms with van der Waals surface area (Å²) in [5, 5.41) is 12.5. The van der Waals surface area contributed by atoms with Gasteiger partial charge in [0.05, 0.1) is 10.6 Å². The Morgan fingerprint density at radius 1 is 1.11 bits per heavy atom. The van der Waals surface area contributed by atoms with E-state index < -0.39 is 5.97 Å². The number of hydrogen-bond acceptors (Lipinski definition) is 5. The van der Waals surface area contributed by atoms with Crippen molar-refractivity contribution in [2.24, 2.45) is 28.5 Å². The number of aliphatic carboxylic acids is 1. The molecule has 1 aliphatic carbocycles. The number of nitrogens with one attached hydrogen (secondary N) is 1. The molecule has 35 heavy (non-hydrogen) atoms. The molecule has 1 saturated carbocycles.